The van der Waals surface area contributed by atoms with Crippen LogP contribution in [0.2, 0.25) is 0 Å². The summed E-state index contributed by atoms with van der Waals surface area (Å²) in [4.78, 5) is 22.2. The molecule has 0 radical (unpaired) electrons. The van der Waals surface area contributed by atoms with Crippen molar-refractivity contribution in [3.05, 3.63) is 0 Å². The van der Waals surface area contributed by atoms with E-state index < -0.39 is 5.41 Å². The molecule has 4 nitrogen and oxygen atoms in total. The molecule has 1 aliphatic carbocycles. The second-order valence-electron chi connectivity index (χ2n) is 3.68. The van der Waals surface area contributed by atoms with E-state index in [0.29, 0.717) is 12.8 Å². The van der Waals surface area contributed by atoms with Gasteiger partial charge in [-0.15, -0.1) is 0 Å². The molecule has 13 heavy (non-hydrogen) atoms. The van der Waals surface area contributed by atoms with Crippen molar-refractivity contribution in [2.24, 2.45) is 11.3 Å². The van der Waals surface area contributed by atoms with Gasteiger partial charge in [0.1, 0.15) is 0 Å². The van der Waals surface area contributed by atoms with Gasteiger partial charge in [0.2, 0.25) is 0 Å². The number of carbonyl (C=O) groups excluding carboxylic acids is 2. The maximum Gasteiger partial charge on any atom is 0.311 e. The summed E-state index contributed by atoms with van der Waals surface area (Å²) in [5.41, 5.74) is -0.479. The minimum atomic E-state index is -0.479. The Morgan fingerprint density at radius 2 is 1.77 bits per heavy atom. The highest BCUT2D eigenvalue weighted by atomic mass is 16.5. The third kappa shape index (κ3) is 1.66. The van der Waals surface area contributed by atoms with Gasteiger partial charge < -0.3 is 9.47 Å². The van der Waals surface area contributed by atoms with Gasteiger partial charge in [0.25, 0.3) is 0 Å². The van der Waals surface area contributed by atoms with E-state index in [9.17, 15) is 9.59 Å². The van der Waals surface area contributed by atoms with E-state index in [1.807, 2.05) is 0 Å². The molecule has 1 fully saturated rings. The summed E-state index contributed by atoms with van der Waals surface area (Å²) in [6, 6.07) is 0. The Kier molecular flexibility index (Phi) is 2.59. The van der Waals surface area contributed by atoms with Crippen molar-refractivity contribution in [1.29, 1.82) is 0 Å². The Bertz CT molecular complexity index is 228. The molecule has 0 aliphatic heterocycles. The summed E-state index contributed by atoms with van der Waals surface area (Å²) in [6.45, 7) is 1.80. The standard InChI is InChI=1S/C9H14O4/c1-9(8(11)13-3)4-6(5-9)7(10)12-2/h6H,4-5H2,1-3H3. The Labute approximate surface area is 77.2 Å². The summed E-state index contributed by atoms with van der Waals surface area (Å²) in [5.74, 6) is -0.608. The third-order valence-corrected chi connectivity index (χ3v) is 2.61. The molecule has 0 bridgehead atoms. The van der Waals surface area contributed by atoms with Gasteiger partial charge in [-0.3, -0.25) is 9.59 Å². The van der Waals surface area contributed by atoms with Crippen molar-refractivity contribution in [2.45, 2.75) is 19.8 Å². The van der Waals surface area contributed by atoms with Crippen LogP contribution >= 0.6 is 0 Å². The monoisotopic (exact) mass is 186 g/mol. The third-order valence-electron chi connectivity index (χ3n) is 2.61. The maximum absolute atomic E-state index is 11.2. The largest absolute Gasteiger partial charge is 0.469 e. The number of hydrogen-bond acceptors (Lipinski definition) is 4. The molecule has 1 saturated carbocycles. The lowest BCUT2D eigenvalue weighted by atomic mass is 9.63. The molecule has 1 aliphatic rings. The molecule has 0 spiro atoms. The van der Waals surface area contributed by atoms with Crippen molar-refractivity contribution < 1.29 is 19.1 Å². The normalized spacial score (nSPS) is 31.8. The Morgan fingerprint density at radius 1 is 1.23 bits per heavy atom. The van der Waals surface area contributed by atoms with Gasteiger partial charge in [-0.1, -0.05) is 0 Å². The molecular formula is C9H14O4. The van der Waals surface area contributed by atoms with E-state index in [0.717, 1.165) is 0 Å². The summed E-state index contributed by atoms with van der Waals surface area (Å²) >= 11 is 0. The van der Waals surface area contributed by atoms with Gasteiger partial charge in [-0.05, 0) is 19.8 Å². The highest BCUT2D eigenvalue weighted by Crippen LogP contribution is 2.46. The molecule has 0 aromatic carbocycles. The Hall–Kier alpha value is -1.06. The fraction of sp³-hybridized carbons (Fsp3) is 0.778. The first kappa shape index (κ1) is 10.0. The van der Waals surface area contributed by atoms with Crippen molar-refractivity contribution in [3.63, 3.8) is 0 Å². The molecule has 0 N–H and O–H groups in total. The zero-order valence-corrected chi connectivity index (χ0v) is 8.12. The summed E-state index contributed by atoms with van der Waals surface area (Å²) in [7, 11) is 2.72. The van der Waals surface area contributed by atoms with Crippen LogP contribution in [0.25, 0.3) is 0 Å². The number of carbonyl (C=O) groups is 2. The van der Waals surface area contributed by atoms with E-state index >= 15 is 0 Å². The number of ether oxygens (including phenoxy) is 2. The second-order valence-corrected chi connectivity index (χ2v) is 3.68. The van der Waals surface area contributed by atoms with E-state index in [-0.39, 0.29) is 17.9 Å². The molecule has 0 atom stereocenters. The van der Waals surface area contributed by atoms with Gasteiger partial charge in [-0.25, -0.2) is 0 Å². The van der Waals surface area contributed by atoms with Crippen LogP contribution in [0.1, 0.15) is 19.8 Å². The van der Waals surface area contributed by atoms with Gasteiger partial charge in [0, 0.05) is 0 Å². The molecule has 0 unspecified atom stereocenters. The summed E-state index contributed by atoms with van der Waals surface area (Å²) in [5, 5.41) is 0. The van der Waals surface area contributed by atoms with Crippen LogP contribution in [0.15, 0.2) is 0 Å². The molecule has 74 valence electrons. The number of hydrogen-bond donors (Lipinski definition) is 0. The first-order valence-electron chi connectivity index (χ1n) is 4.20. The van der Waals surface area contributed by atoms with E-state index in [4.69, 9.17) is 0 Å². The predicted molar refractivity (Wildman–Crippen MR) is 44.9 cm³/mol. The summed E-state index contributed by atoms with van der Waals surface area (Å²) < 4.78 is 9.20. The fourth-order valence-electron chi connectivity index (χ4n) is 1.77. The summed E-state index contributed by atoms with van der Waals surface area (Å²) in [6.07, 6.45) is 1.07. The average molecular weight is 186 g/mol. The van der Waals surface area contributed by atoms with Crippen LogP contribution in [-0.4, -0.2) is 26.2 Å². The lowest BCUT2D eigenvalue weighted by Crippen LogP contribution is -2.45. The van der Waals surface area contributed by atoms with Crippen LogP contribution in [0.5, 0.6) is 0 Å². The predicted octanol–water partition coefficient (Wildman–Crippen LogP) is 0.749. The lowest BCUT2D eigenvalue weighted by molar-refractivity contribution is -0.168. The Morgan fingerprint density at radius 3 is 2.15 bits per heavy atom. The zero-order chi connectivity index (χ0) is 10.1. The lowest BCUT2D eigenvalue weighted by Gasteiger charge is -2.40. The molecule has 1 rings (SSSR count). The minimum Gasteiger partial charge on any atom is -0.469 e. The van der Waals surface area contributed by atoms with Crippen LogP contribution in [-0.2, 0) is 19.1 Å². The first-order valence-corrected chi connectivity index (χ1v) is 4.20. The quantitative estimate of drug-likeness (QED) is 0.597. The van der Waals surface area contributed by atoms with Crippen LogP contribution in [0.3, 0.4) is 0 Å². The second kappa shape index (κ2) is 3.36. The van der Waals surface area contributed by atoms with Crippen molar-refractivity contribution in [3.8, 4) is 0 Å². The van der Waals surface area contributed by atoms with Crippen molar-refractivity contribution in [1.82, 2.24) is 0 Å². The van der Waals surface area contributed by atoms with E-state index in [1.165, 1.54) is 14.2 Å². The van der Waals surface area contributed by atoms with E-state index in [2.05, 4.69) is 9.47 Å². The van der Waals surface area contributed by atoms with Gasteiger partial charge >= 0.3 is 11.9 Å². The minimum absolute atomic E-state index is 0.130. The molecule has 4 heteroatoms. The van der Waals surface area contributed by atoms with Gasteiger partial charge in [-0.2, -0.15) is 0 Å². The average Bonchev–Trinajstić information content (AvgIpc) is 2.10. The van der Waals surface area contributed by atoms with E-state index in [1.54, 1.807) is 6.92 Å². The van der Waals surface area contributed by atoms with Gasteiger partial charge in [0.15, 0.2) is 0 Å². The number of methoxy groups -OCH3 is 2. The number of rotatable bonds is 2. The first-order chi connectivity index (χ1) is 6.03. The smallest absolute Gasteiger partial charge is 0.311 e. The highest BCUT2D eigenvalue weighted by Gasteiger charge is 2.50. The molecule has 0 aromatic rings. The van der Waals surface area contributed by atoms with Crippen LogP contribution in [0.4, 0.5) is 0 Å². The topological polar surface area (TPSA) is 52.6 Å². The molecular weight excluding hydrogens is 172 g/mol. The van der Waals surface area contributed by atoms with Gasteiger partial charge in [0.05, 0.1) is 25.6 Å². The fourth-order valence-corrected chi connectivity index (χ4v) is 1.77. The molecule has 0 saturated heterocycles. The van der Waals surface area contributed by atoms with Crippen molar-refractivity contribution >= 4 is 11.9 Å². The Balaban J connectivity index is 2.47. The number of esters is 2. The highest BCUT2D eigenvalue weighted by molar-refractivity contribution is 5.82. The zero-order valence-electron chi connectivity index (χ0n) is 8.12. The van der Waals surface area contributed by atoms with Crippen molar-refractivity contribution in [2.75, 3.05) is 14.2 Å². The molecule has 0 heterocycles. The molecule has 0 amide bonds. The van der Waals surface area contributed by atoms with Crippen LogP contribution in [0, 0.1) is 11.3 Å². The maximum atomic E-state index is 11.2. The SMILES string of the molecule is COC(=O)C1CC(C)(C(=O)OC)C1. The molecule has 0 aromatic heterocycles. The van der Waals surface area contributed by atoms with Crippen LogP contribution < -0.4 is 0 Å².